The van der Waals surface area contributed by atoms with E-state index in [1.165, 1.54) is 11.3 Å². The van der Waals surface area contributed by atoms with Gasteiger partial charge in [-0.05, 0) is 61.0 Å². The summed E-state index contributed by atoms with van der Waals surface area (Å²) in [5.41, 5.74) is 5.30. The number of allylic oxidation sites excluding steroid dienone is 1. The largest absolute Gasteiger partial charge is 0.497 e. The van der Waals surface area contributed by atoms with E-state index >= 15 is 0 Å². The second-order valence-corrected chi connectivity index (χ2v) is 8.07. The predicted molar refractivity (Wildman–Crippen MR) is 127 cm³/mol. The highest BCUT2D eigenvalue weighted by Gasteiger charge is 2.13. The minimum absolute atomic E-state index is 0. The van der Waals surface area contributed by atoms with Crippen molar-refractivity contribution in [1.82, 2.24) is 9.99 Å². The quantitative estimate of drug-likeness (QED) is 0.342. The molecule has 0 bridgehead atoms. The van der Waals surface area contributed by atoms with Crippen LogP contribution in [0.1, 0.15) is 15.2 Å². The zero-order chi connectivity index (χ0) is 20.1. The van der Waals surface area contributed by atoms with Crippen LogP contribution in [0.4, 0.5) is 0 Å². The van der Waals surface area contributed by atoms with Gasteiger partial charge in [0.1, 0.15) is 5.75 Å². The lowest BCUT2D eigenvalue weighted by Gasteiger charge is -2.09. The van der Waals surface area contributed by atoms with Gasteiger partial charge in [-0.2, -0.15) is 0 Å². The van der Waals surface area contributed by atoms with Gasteiger partial charge in [-0.15, -0.1) is 28.7 Å². The van der Waals surface area contributed by atoms with Crippen LogP contribution >= 0.6 is 44.2 Å². The van der Waals surface area contributed by atoms with E-state index in [4.69, 9.17) is 4.74 Å². The summed E-state index contributed by atoms with van der Waals surface area (Å²) in [6, 6.07) is 15.0. The number of rotatable bonds is 6. The first kappa shape index (κ1) is 23.1. The van der Waals surface area contributed by atoms with Gasteiger partial charge in [0, 0.05) is 21.5 Å². The number of amides is 1. The van der Waals surface area contributed by atoms with Gasteiger partial charge in [0.2, 0.25) is 4.80 Å². The molecule has 2 aromatic carbocycles. The first-order valence-corrected chi connectivity index (χ1v) is 10.2. The number of hydrogen-bond acceptors (Lipinski definition) is 4. The Morgan fingerprint density at radius 1 is 1.24 bits per heavy atom. The minimum Gasteiger partial charge on any atom is -0.497 e. The third-order valence-electron chi connectivity index (χ3n) is 4.11. The second kappa shape index (κ2) is 10.6. The van der Waals surface area contributed by atoms with E-state index in [9.17, 15) is 4.79 Å². The summed E-state index contributed by atoms with van der Waals surface area (Å²) in [5.74, 6) is 0.549. The van der Waals surface area contributed by atoms with E-state index in [0.29, 0.717) is 16.9 Å². The lowest BCUT2D eigenvalue weighted by Crippen LogP contribution is -2.24. The first-order chi connectivity index (χ1) is 13.5. The van der Waals surface area contributed by atoms with E-state index in [2.05, 4.69) is 33.0 Å². The number of nitrogens with zero attached hydrogens (tertiary/aromatic N) is 2. The number of halogens is 2. The topological polar surface area (TPSA) is 55.6 Å². The Kier molecular flexibility index (Phi) is 8.43. The van der Waals surface area contributed by atoms with E-state index < -0.39 is 0 Å². The number of aromatic nitrogens is 1. The van der Waals surface area contributed by atoms with Gasteiger partial charge >= 0.3 is 0 Å². The van der Waals surface area contributed by atoms with E-state index in [1.807, 2.05) is 54.0 Å². The highest BCUT2D eigenvalue weighted by molar-refractivity contribution is 9.10. The summed E-state index contributed by atoms with van der Waals surface area (Å²) in [6.07, 6.45) is 1.81. The third kappa shape index (κ3) is 5.46. The Hall–Kier alpha value is -2.16. The maximum Gasteiger partial charge on any atom is 0.271 e. The number of aryl methyl sites for hydroxylation is 1. The molecular weight excluding hydrogens is 518 g/mol. The van der Waals surface area contributed by atoms with Gasteiger partial charge in [0.05, 0.1) is 12.8 Å². The molecule has 0 unspecified atom stereocenters. The Balaban J connectivity index is 0.00000300. The summed E-state index contributed by atoms with van der Waals surface area (Å²) < 4.78 is 8.20. The molecule has 1 N–H and O–H groups in total. The van der Waals surface area contributed by atoms with Crippen LogP contribution < -0.4 is 15.0 Å². The molecule has 0 aliphatic rings. The lowest BCUT2D eigenvalue weighted by molar-refractivity contribution is 0.0953. The summed E-state index contributed by atoms with van der Waals surface area (Å²) in [4.78, 5) is 14.2. The van der Waals surface area contributed by atoms with Crippen LogP contribution in [0.2, 0.25) is 0 Å². The van der Waals surface area contributed by atoms with Gasteiger partial charge in [0.25, 0.3) is 5.91 Å². The maximum absolute atomic E-state index is 12.4. The van der Waals surface area contributed by atoms with Crippen molar-refractivity contribution in [1.29, 1.82) is 0 Å². The molecule has 3 aromatic rings. The molecule has 0 saturated carbocycles. The average molecular weight is 539 g/mol. The third-order valence-corrected chi connectivity index (χ3v) is 5.64. The fourth-order valence-electron chi connectivity index (χ4n) is 2.78. The standard InChI is InChI=1S/C21H20BrN3O2S.BrH/c1-4-13-25-19(15-7-11-18(27-3)12-8-15)14(2)28-21(25)24-23-20(26)16-5-9-17(22)10-6-16;/h4-12H,1,13H2,2-3H3,(H,23,26);1H/b24-21-;. The van der Waals surface area contributed by atoms with Gasteiger partial charge in [-0.1, -0.05) is 33.3 Å². The number of thiazole rings is 1. The SMILES string of the molecule is Br.C=CCn1c(-c2ccc(OC)cc2)c(C)s/c1=N\NC(=O)c1ccc(Br)cc1. The smallest absolute Gasteiger partial charge is 0.271 e. The van der Waals surface area contributed by atoms with Crippen molar-refractivity contribution >= 4 is 50.2 Å². The number of benzene rings is 2. The molecule has 0 radical (unpaired) electrons. The second-order valence-electron chi connectivity index (χ2n) is 5.98. The molecule has 0 aliphatic heterocycles. The minimum atomic E-state index is -0.255. The molecule has 0 saturated heterocycles. The Morgan fingerprint density at radius 3 is 2.48 bits per heavy atom. The molecule has 1 heterocycles. The summed E-state index contributed by atoms with van der Waals surface area (Å²) >= 11 is 4.89. The molecule has 29 heavy (non-hydrogen) atoms. The van der Waals surface area contributed by atoms with Crippen LogP contribution in [-0.2, 0) is 6.54 Å². The first-order valence-electron chi connectivity index (χ1n) is 8.58. The van der Waals surface area contributed by atoms with E-state index in [0.717, 1.165) is 26.4 Å². The van der Waals surface area contributed by atoms with Crippen molar-refractivity contribution in [3.8, 4) is 17.0 Å². The highest BCUT2D eigenvalue weighted by Crippen LogP contribution is 2.27. The average Bonchev–Trinajstić information content (AvgIpc) is 3.02. The Labute approximate surface area is 192 Å². The van der Waals surface area contributed by atoms with Crippen LogP contribution in [-0.4, -0.2) is 17.6 Å². The van der Waals surface area contributed by atoms with Crippen LogP contribution in [0.5, 0.6) is 5.75 Å². The van der Waals surface area contributed by atoms with Crippen LogP contribution in [0.15, 0.2) is 70.8 Å². The van der Waals surface area contributed by atoms with Gasteiger partial charge in [0.15, 0.2) is 0 Å². The fraction of sp³-hybridized carbons (Fsp3) is 0.143. The van der Waals surface area contributed by atoms with Crippen molar-refractivity contribution in [3.63, 3.8) is 0 Å². The summed E-state index contributed by atoms with van der Waals surface area (Å²) in [6.45, 7) is 6.47. The monoisotopic (exact) mass is 537 g/mol. The van der Waals surface area contributed by atoms with Gasteiger partial charge in [-0.3, -0.25) is 4.79 Å². The zero-order valence-corrected chi connectivity index (χ0v) is 20.1. The predicted octanol–water partition coefficient (Wildman–Crippen LogP) is 5.31. The molecule has 0 fully saturated rings. The number of ether oxygens (including phenoxy) is 1. The zero-order valence-electron chi connectivity index (χ0n) is 16.0. The summed E-state index contributed by atoms with van der Waals surface area (Å²) in [7, 11) is 1.65. The molecule has 8 heteroatoms. The number of hydrogen-bond donors (Lipinski definition) is 1. The molecule has 1 aromatic heterocycles. The molecule has 0 spiro atoms. The number of carbonyl (C=O) groups excluding carboxylic acids is 1. The molecule has 0 atom stereocenters. The van der Waals surface area contributed by atoms with Gasteiger partial charge in [-0.25, -0.2) is 5.43 Å². The maximum atomic E-state index is 12.4. The van der Waals surface area contributed by atoms with Crippen LogP contribution in [0.3, 0.4) is 0 Å². The normalized spacial score (nSPS) is 10.9. The molecule has 5 nitrogen and oxygen atoms in total. The van der Waals surface area contributed by atoms with Crippen LogP contribution in [0.25, 0.3) is 11.3 Å². The van der Waals surface area contributed by atoms with Crippen molar-refractivity contribution in [2.45, 2.75) is 13.5 Å². The molecular formula is C21H21Br2N3O2S. The highest BCUT2D eigenvalue weighted by atomic mass is 79.9. The number of methoxy groups -OCH3 is 1. The van der Waals surface area contributed by atoms with E-state index in [1.54, 1.807) is 19.2 Å². The molecule has 152 valence electrons. The van der Waals surface area contributed by atoms with Crippen LogP contribution in [0, 0.1) is 6.92 Å². The molecule has 3 rings (SSSR count). The Morgan fingerprint density at radius 2 is 1.90 bits per heavy atom. The lowest BCUT2D eigenvalue weighted by atomic mass is 10.1. The van der Waals surface area contributed by atoms with Gasteiger partial charge < -0.3 is 9.30 Å². The van der Waals surface area contributed by atoms with Crippen molar-refractivity contribution in [3.05, 3.63) is 80.9 Å². The van der Waals surface area contributed by atoms with Crippen molar-refractivity contribution in [2.24, 2.45) is 5.10 Å². The summed E-state index contributed by atoms with van der Waals surface area (Å²) in [5, 5.41) is 4.36. The fourth-order valence-corrected chi connectivity index (χ4v) is 4.01. The number of carbonyl (C=O) groups is 1. The molecule has 1 amide bonds. The molecule has 0 aliphatic carbocycles. The van der Waals surface area contributed by atoms with Crippen molar-refractivity contribution in [2.75, 3.05) is 7.11 Å². The number of nitrogens with one attached hydrogen (secondary N) is 1. The van der Waals surface area contributed by atoms with Crippen molar-refractivity contribution < 1.29 is 9.53 Å². The van der Waals surface area contributed by atoms with E-state index in [-0.39, 0.29) is 22.9 Å². The Bertz CT molecular complexity index is 1060.